The molecule has 0 aliphatic rings. The zero-order valence-electron chi connectivity index (χ0n) is 71.9. The third-order valence-corrected chi connectivity index (χ3v) is 36.7. The summed E-state index contributed by atoms with van der Waals surface area (Å²) >= 11 is 0. The summed E-state index contributed by atoms with van der Waals surface area (Å²) in [7, 11) is -1.84. The number of hydrogen-bond acceptors (Lipinski definition) is 5. The van der Waals surface area contributed by atoms with Gasteiger partial charge in [0.2, 0.25) is 0 Å². The number of ketones is 2. The van der Waals surface area contributed by atoms with Gasteiger partial charge in [-0.3, -0.25) is 0 Å². The number of hydrogen-bond donors (Lipinski definition) is 0. The van der Waals surface area contributed by atoms with Gasteiger partial charge in [0.25, 0.3) is 0 Å². The summed E-state index contributed by atoms with van der Waals surface area (Å²) in [6.07, 6.45) is 58.6. The average Bonchev–Trinajstić information content (AvgIpc) is 0.734. The van der Waals surface area contributed by atoms with Crippen molar-refractivity contribution in [2.75, 3.05) is 49.3 Å². The van der Waals surface area contributed by atoms with Gasteiger partial charge in [0.1, 0.15) is 0 Å². The Morgan fingerprint density at radius 3 is 0.636 bits per heavy atom. The Hall–Kier alpha value is -2.78. The quantitative estimate of drug-likeness (QED) is 0.0185. The molecule has 110 heavy (non-hydrogen) atoms. The van der Waals surface area contributed by atoms with Crippen LogP contribution in [0.4, 0.5) is 26.3 Å². The molecule has 0 N–H and O–H groups in total. The molecule has 0 bridgehead atoms. The van der Waals surface area contributed by atoms with Gasteiger partial charge in [0.15, 0.2) is 0 Å². The number of carbonyl (C=O) groups excluding carboxylic acids is 2. The third kappa shape index (κ3) is 46.2. The molecule has 0 aromatic heterocycles. The number of carbonyl (C=O) groups is 2. The van der Waals surface area contributed by atoms with E-state index >= 15 is 35.9 Å². The van der Waals surface area contributed by atoms with Crippen molar-refractivity contribution in [3.63, 3.8) is 0 Å². The summed E-state index contributed by atoms with van der Waals surface area (Å²) in [5.74, 6) is -0.767. The molecule has 3 aromatic carbocycles. The van der Waals surface area contributed by atoms with Crippen LogP contribution in [0.25, 0.3) is 0 Å². The monoisotopic (exact) mass is 1590 g/mol. The molecule has 0 spiro atoms. The van der Waals surface area contributed by atoms with E-state index in [0.29, 0.717) is 60.2 Å². The molecule has 0 amide bonds. The van der Waals surface area contributed by atoms with Crippen LogP contribution < -0.4 is 4.65 Å². The second kappa shape index (κ2) is 62.5. The fourth-order valence-corrected chi connectivity index (χ4v) is 29.6. The van der Waals surface area contributed by atoms with Crippen molar-refractivity contribution >= 4 is 32.5 Å². The van der Waals surface area contributed by atoms with Crippen LogP contribution in [0.5, 0.6) is 5.75 Å². The van der Waals surface area contributed by atoms with E-state index in [1.807, 2.05) is 60.7 Å². The molecule has 636 valence electrons. The number of rotatable bonds is 78. The minimum absolute atomic E-state index is 0.0513. The molecule has 0 unspecified atom stereocenters. The van der Waals surface area contributed by atoms with Gasteiger partial charge >= 0.3 is 677 Å². The van der Waals surface area contributed by atoms with E-state index in [9.17, 15) is 0 Å². The number of unbranched alkanes of at least 4 members (excludes halogenated alkanes) is 54. The molecule has 3 aromatic rings. The number of alkyl halides is 6. The fourth-order valence-electron chi connectivity index (χ4n) is 17.3. The van der Waals surface area contributed by atoms with Gasteiger partial charge in [-0.05, 0) is 0 Å². The Morgan fingerprint density at radius 2 is 0.455 bits per heavy atom. The predicted molar refractivity (Wildman–Crippen MR) is 470 cm³/mol. The summed E-state index contributed by atoms with van der Waals surface area (Å²) in [5.41, 5.74) is -1.84. The maximum atomic E-state index is 16.1. The first-order chi connectivity index (χ1) is 53.3. The van der Waals surface area contributed by atoms with Crippen molar-refractivity contribution in [2.24, 2.45) is 0 Å². The van der Waals surface area contributed by atoms with Crippen molar-refractivity contribution in [1.82, 2.24) is 0 Å². The molecule has 0 atom stereocenters. The second-order valence-corrected chi connectivity index (χ2v) is 45.6. The summed E-state index contributed by atoms with van der Waals surface area (Å²) in [4.78, 5) is 32.3. The van der Waals surface area contributed by atoms with Crippen molar-refractivity contribution in [1.29, 1.82) is 0 Å². The maximum absolute atomic E-state index is 16.1. The molecular weight excluding hydrogens is 1420 g/mol. The van der Waals surface area contributed by atoms with Crippen LogP contribution in [0.2, 0.25) is 0 Å². The van der Waals surface area contributed by atoms with Crippen molar-refractivity contribution in [3.8, 4) is 5.75 Å². The molecule has 14 heteroatoms. The van der Waals surface area contributed by atoms with Crippen LogP contribution in [-0.4, -0.2) is 68.2 Å². The van der Waals surface area contributed by atoms with Crippen LogP contribution >= 0.6 is 13.7 Å². The summed E-state index contributed by atoms with van der Waals surface area (Å²) < 4.78 is 117. The van der Waals surface area contributed by atoms with Gasteiger partial charge in [-0.25, -0.2) is 0 Å². The van der Waals surface area contributed by atoms with Crippen LogP contribution in [0.15, 0.2) is 78.9 Å². The standard InChI is InChI=1S/C96H167BF6O5P2/c1-7-13-19-25-31-37-43-49-55-67-77-109(86-93(104)88-73-63-61-64-74-88,78-68-56-50-44-38-32-26-20-14-8-2,79-69-57-51-45-39-33-27-21-15-9-3)107-97(106-92-84-90(95(98,99)100)83-91(85-92)96(101,102)103)108-110(87-94(105)89-75-65-62-66-76-89,80-70-58-52-46-40-34-28-22-16-10-4,81-71-59-53-47-41-35-29-23-17-11-5)82-72-60-54-48-42-36-30-24-18-12-6/h61-66,73-76,83-85H,7-60,67-72,77-82,86-87H2,1-6H3. The third-order valence-electron chi connectivity index (χ3n) is 24.3. The number of benzene rings is 3. The van der Waals surface area contributed by atoms with E-state index in [1.54, 1.807) is 0 Å². The van der Waals surface area contributed by atoms with Gasteiger partial charge in [-0.1, -0.05) is 0 Å². The van der Waals surface area contributed by atoms with Crippen molar-refractivity contribution in [3.05, 3.63) is 101 Å². The molecule has 0 saturated carbocycles. The molecule has 5 nitrogen and oxygen atoms in total. The van der Waals surface area contributed by atoms with Crippen LogP contribution in [0.3, 0.4) is 0 Å². The van der Waals surface area contributed by atoms with Gasteiger partial charge in [0, 0.05) is 0 Å². The Labute approximate surface area is 673 Å². The number of Topliss-reactive ketones (excluding diaryl/α,β-unsaturated/α-hetero) is 2. The second-order valence-electron chi connectivity index (χ2n) is 34.4. The molecule has 3 rings (SSSR count). The average molecular weight is 1590 g/mol. The fraction of sp³-hybridized carbons (Fsp3) is 0.792. The minimum atomic E-state index is -5.17. The molecule has 0 fully saturated rings. The topological polar surface area (TPSA) is 61.8 Å². The molecule has 0 radical (unpaired) electrons. The van der Waals surface area contributed by atoms with Gasteiger partial charge < -0.3 is 0 Å². The zero-order chi connectivity index (χ0) is 79.9. The van der Waals surface area contributed by atoms with Crippen LogP contribution in [-0.2, 0) is 21.2 Å². The normalized spacial score (nSPS) is 13.0. The molecule has 0 saturated heterocycles. The molecular formula is C96H167BF6O5P2. The van der Waals surface area contributed by atoms with Gasteiger partial charge in [-0.2, -0.15) is 0 Å². The Morgan fingerprint density at radius 1 is 0.273 bits per heavy atom. The van der Waals surface area contributed by atoms with E-state index in [4.69, 9.17) is 13.5 Å². The van der Waals surface area contributed by atoms with E-state index < -0.39 is 50.2 Å². The van der Waals surface area contributed by atoms with Crippen LogP contribution in [0, 0.1) is 0 Å². The molecule has 0 aliphatic heterocycles. The van der Waals surface area contributed by atoms with E-state index in [0.717, 1.165) is 193 Å². The van der Waals surface area contributed by atoms with E-state index in [2.05, 4.69) is 41.5 Å². The number of halogens is 6. The van der Waals surface area contributed by atoms with Gasteiger partial charge in [-0.15, -0.1) is 0 Å². The van der Waals surface area contributed by atoms with Gasteiger partial charge in [0.05, 0.1) is 0 Å². The van der Waals surface area contributed by atoms with Crippen molar-refractivity contribution < 1.29 is 49.5 Å². The Kier molecular flexibility index (Phi) is 57.6. The Balaban J connectivity index is 2.65. The molecule has 0 heterocycles. The first-order valence-electron chi connectivity index (χ1n) is 46.9. The summed E-state index contributed by atoms with van der Waals surface area (Å²) in [5, 5.41) is 0. The van der Waals surface area contributed by atoms with Crippen LogP contribution in [0.1, 0.15) is 459 Å². The predicted octanol–water partition coefficient (Wildman–Crippen LogP) is 34.3. The van der Waals surface area contributed by atoms with E-state index in [1.165, 1.54) is 193 Å². The summed E-state index contributed by atoms with van der Waals surface area (Å²) in [6, 6.07) is 20.6. The Bertz CT molecular complexity index is 2380. The molecule has 0 aliphatic carbocycles. The van der Waals surface area contributed by atoms with E-state index in [-0.39, 0.29) is 30.0 Å². The van der Waals surface area contributed by atoms with Crippen molar-refractivity contribution in [2.45, 2.75) is 439 Å². The zero-order valence-corrected chi connectivity index (χ0v) is 73.7. The first-order valence-corrected chi connectivity index (χ1v) is 52.6. The SMILES string of the molecule is CCCCCCCCCCCCP(CCCCCCCCCCCC)(CCCCCCCCCCCC)(CC(=O)c1ccccc1)OB(Oc1cc(C(F)(F)F)cc(C(F)(F)F)c1)OP(CCCCCCCCCCCC)(CCCCCCCCCCCC)(CCCCCCCCCCCC)CC(=O)c1ccccc1. The first kappa shape index (κ1) is 101. The summed E-state index contributed by atoms with van der Waals surface area (Å²) in [6.45, 7) is 4.93.